The van der Waals surface area contributed by atoms with Gasteiger partial charge in [0.05, 0.1) is 11.3 Å². The Bertz CT molecular complexity index is 1960. The van der Waals surface area contributed by atoms with E-state index in [1.165, 1.54) is 6.07 Å². The van der Waals surface area contributed by atoms with Gasteiger partial charge in [0, 0.05) is 28.0 Å². The second-order valence-electron chi connectivity index (χ2n) is 9.63. The van der Waals surface area contributed by atoms with Crippen molar-refractivity contribution in [2.75, 3.05) is 0 Å². The number of furan rings is 1. The van der Waals surface area contributed by atoms with Crippen molar-refractivity contribution in [3.63, 3.8) is 0 Å². The van der Waals surface area contributed by atoms with Gasteiger partial charge in [0.15, 0.2) is 0 Å². The van der Waals surface area contributed by atoms with Gasteiger partial charge in [-0.3, -0.25) is 4.98 Å². The fourth-order valence-corrected chi connectivity index (χ4v) is 5.20. The third-order valence-corrected chi connectivity index (χ3v) is 6.72. The third kappa shape index (κ3) is 3.19. The van der Waals surface area contributed by atoms with E-state index in [2.05, 4.69) is 4.98 Å². The van der Waals surface area contributed by atoms with Crippen LogP contribution < -0.4 is 0 Å². The zero-order valence-electron chi connectivity index (χ0n) is 23.3. The molecule has 35 heavy (non-hydrogen) atoms. The summed E-state index contributed by atoms with van der Waals surface area (Å²) >= 11 is 0. The minimum Gasteiger partial charge on any atom is -0.455 e. The van der Waals surface area contributed by atoms with E-state index in [0.29, 0.717) is 38.8 Å². The molecular weight excluding hydrogens is 433 g/mol. The van der Waals surface area contributed by atoms with Gasteiger partial charge in [0.1, 0.15) is 17.0 Å². The molecule has 170 valence electrons. The van der Waals surface area contributed by atoms with E-state index < -0.39 is 24.0 Å². The first-order chi connectivity index (χ1) is 18.5. The van der Waals surface area contributed by atoms with E-state index in [1.54, 1.807) is 38.2 Å². The molecule has 3 heteroatoms. The van der Waals surface area contributed by atoms with Crippen LogP contribution in [0.1, 0.15) is 30.5 Å². The molecule has 1 aliphatic rings. The quantitative estimate of drug-likeness (QED) is 0.258. The van der Waals surface area contributed by atoms with Crippen LogP contribution in [0.25, 0.3) is 55.1 Å². The number of hydrogen-bond acceptors (Lipinski definition) is 2. The highest BCUT2D eigenvalue weighted by atomic mass is 19.1. The predicted molar refractivity (Wildman–Crippen MR) is 141 cm³/mol. The SMILES string of the molecule is [2H]C1([2H])c2cc3ccc(-c4c(F)ccc5c4oc4c(-c6ccccn6)cccc45)cc3cc2C([2H])([2H])C1(C)C. The summed E-state index contributed by atoms with van der Waals surface area (Å²) in [6.45, 7) is 3.25. The lowest BCUT2D eigenvalue weighted by Gasteiger charge is -2.14. The van der Waals surface area contributed by atoms with Crippen LogP contribution in [-0.2, 0) is 12.7 Å². The summed E-state index contributed by atoms with van der Waals surface area (Å²) < 4.78 is 56.8. The molecule has 0 spiro atoms. The Kier molecular flexibility index (Phi) is 3.45. The van der Waals surface area contributed by atoms with E-state index in [4.69, 9.17) is 9.90 Å². The maximum atomic E-state index is 15.5. The van der Waals surface area contributed by atoms with Crippen molar-refractivity contribution >= 4 is 32.7 Å². The molecule has 2 aromatic heterocycles. The number of hydrogen-bond donors (Lipinski definition) is 0. The van der Waals surface area contributed by atoms with Gasteiger partial charge in [-0.05, 0) is 82.0 Å². The molecule has 0 bridgehead atoms. The number of pyridine rings is 1. The van der Waals surface area contributed by atoms with Gasteiger partial charge >= 0.3 is 0 Å². The van der Waals surface area contributed by atoms with Gasteiger partial charge in [0.25, 0.3) is 0 Å². The van der Waals surface area contributed by atoms with Gasteiger partial charge in [-0.1, -0.05) is 56.3 Å². The van der Waals surface area contributed by atoms with Crippen molar-refractivity contribution in [2.24, 2.45) is 5.41 Å². The van der Waals surface area contributed by atoms with Crippen molar-refractivity contribution in [1.29, 1.82) is 0 Å². The van der Waals surface area contributed by atoms with Gasteiger partial charge < -0.3 is 4.42 Å². The Morgan fingerprint density at radius 3 is 2.43 bits per heavy atom. The number of aromatic nitrogens is 1. The summed E-state index contributed by atoms with van der Waals surface area (Å²) in [5.74, 6) is -0.422. The monoisotopic (exact) mass is 461 g/mol. The number of fused-ring (bicyclic) bond motifs is 5. The van der Waals surface area contributed by atoms with Gasteiger partial charge in [-0.2, -0.15) is 0 Å². The zero-order valence-corrected chi connectivity index (χ0v) is 19.3. The molecule has 0 saturated carbocycles. The molecule has 2 heterocycles. The molecule has 0 saturated heterocycles. The minimum atomic E-state index is -1.87. The predicted octanol–water partition coefficient (Wildman–Crippen LogP) is 8.73. The van der Waals surface area contributed by atoms with E-state index in [1.807, 2.05) is 54.6 Å². The van der Waals surface area contributed by atoms with Crippen LogP contribution in [-0.4, -0.2) is 4.98 Å². The van der Waals surface area contributed by atoms with Crippen LogP contribution >= 0.6 is 0 Å². The number of nitrogens with zero attached hydrogens (tertiary/aromatic N) is 1. The lowest BCUT2D eigenvalue weighted by Crippen LogP contribution is -2.09. The molecule has 0 radical (unpaired) electrons. The summed E-state index contributed by atoms with van der Waals surface area (Å²) in [7, 11) is 0. The molecule has 6 aromatic rings. The Morgan fingerprint density at radius 2 is 1.63 bits per heavy atom. The molecule has 0 unspecified atom stereocenters. The maximum Gasteiger partial charge on any atom is 0.146 e. The van der Waals surface area contributed by atoms with Crippen LogP contribution in [0, 0.1) is 11.2 Å². The summed E-state index contributed by atoms with van der Waals surface area (Å²) in [5.41, 5.74) is 3.04. The fourth-order valence-electron chi connectivity index (χ4n) is 5.20. The normalized spacial score (nSPS) is 19.3. The third-order valence-electron chi connectivity index (χ3n) is 6.72. The molecule has 0 amide bonds. The number of para-hydroxylation sites is 1. The fraction of sp³-hybridized carbons (Fsp3) is 0.156. The molecule has 1 aliphatic carbocycles. The standard InChI is InChI=1S/C32H24FNO/c1-32(2)17-22-14-19-9-10-20(15-21(19)16-23(22)18-32)29-27(33)12-11-25-24-6-5-7-26(30(24)35-31(25)29)28-8-3-4-13-34-28/h3-16H,17-18H2,1-2H3/i17D2,18D2. The highest BCUT2D eigenvalue weighted by Crippen LogP contribution is 2.42. The van der Waals surface area contributed by atoms with E-state index in [0.717, 1.165) is 27.4 Å². The van der Waals surface area contributed by atoms with Crippen LogP contribution in [0.4, 0.5) is 4.39 Å². The summed E-state index contributed by atoms with van der Waals surface area (Å²) in [5, 5.41) is 3.14. The van der Waals surface area contributed by atoms with Crippen LogP contribution in [0.15, 0.2) is 89.5 Å². The number of benzene rings is 4. The first-order valence-corrected chi connectivity index (χ1v) is 11.7. The maximum absolute atomic E-state index is 15.5. The lowest BCUT2D eigenvalue weighted by molar-refractivity contribution is 0.392. The van der Waals surface area contributed by atoms with E-state index >= 15 is 4.39 Å². The Morgan fingerprint density at radius 1 is 0.829 bits per heavy atom. The summed E-state index contributed by atoms with van der Waals surface area (Å²) in [6.07, 6.45) is -1.99. The topological polar surface area (TPSA) is 26.0 Å². The first kappa shape index (κ1) is 16.6. The van der Waals surface area contributed by atoms with Crippen LogP contribution in [0.2, 0.25) is 0 Å². The molecular formula is C32H24FNO. The van der Waals surface area contributed by atoms with Crippen molar-refractivity contribution < 1.29 is 14.3 Å². The van der Waals surface area contributed by atoms with Crippen molar-refractivity contribution in [2.45, 2.75) is 26.6 Å². The second kappa shape index (κ2) is 7.26. The van der Waals surface area contributed by atoms with E-state index in [-0.39, 0.29) is 0 Å². The Balaban J connectivity index is 1.47. The Labute approximate surface area is 208 Å². The Hall–Kier alpha value is -3.98. The smallest absolute Gasteiger partial charge is 0.146 e. The molecule has 7 rings (SSSR count). The lowest BCUT2D eigenvalue weighted by atomic mass is 9.90. The molecule has 0 N–H and O–H groups in total. The van der Waals surface area contributed by atoms with Crippen LogP contribution in [0.3, 0.4) is 0 Å². The highest BCUT2D eigenvalue weighted by Gasteiger charge is 2.28. The summed E-state index contributed by atoms with van der Waals surface area (Å²) in [6, 6.07) is 23.6. The van der Waals surface area contributed by atoms with Crippen molar-refractivity contribution in [3.8, 4) is 22.4 Å². The first-order valence-electron chi connectivity index (χ1n) is 13.7. The van der Waals surface area contributed by atoms with Crippen LogP contribution in [0.5, 0.6) is 0 Å². The molecule has 0 aliphatic heterocycles. The number of rotatable bonds is 2. The average Bonchev–Trinajstić information content (AvgIpc) is 3.34. The van der Waals surface area contributed by atoms with E-state index in [9.17, 15) is 0 Å². The zero-order chi connectivity index (χ0) is 27.3. The van der Waals surface area contributed by atoms with Crippen molar-refractivity contribution in [3.05, 3.63) is 102 Å². The molecule has 0 atom stereocenters. The number of halogens is 1. The van der Waals surface area contributed by atoms with Gasteiger partial charge in [-0.25, -0.2) is 4.39 Å². The minimum absolute atomic E-state index is 0.330. The average molecular weight is 462 g/mol. The molecule has 2 nitrogen and oxygen atoms in total. The van der Waals surface area contributed by atoms with Gasteiger partial charge in [0.2, 0.25) is 0 Å². The second-order valence-corrected chi connectivity index (χ2v) is 9.63. The molecule has 0 fully saturated rings. The summed E-state index contributed by atoms with van der Waals surface area (Å²) in [4.78, 5) is 4.47. The molecule has 4 aromatic carbocycles. The van der Waals surface area contributed by atoms with Gasteiger partial charge in [-0.15, -0.1) is 0 Å². The van der Waals surface area contributed by atoms with Crippen molar-refractivity contribution in [1.82, 2.24) is 4.98 Å². The largest absolute Gasteiger partial charge is 0.455 e. The highest BCUT2D eigenvalue weighted by molar-refractivity contribution is 6.13.